The number of nitrogens with zero attached hydrogens (tertiary/aromatic N) is 1. The molecule has 1 aromatic rings. The van der Waals surface area contributed by atoms with Crippen LogP contribution in [0.3, 0.4) is 0 Å². The summed E-state index contributed by atoms with van der Waals surface area (Å²) in [6.07, 6.45) is -0.0725. The van der Waals surface area contributed by atoms with E-state index in [1.165, 1.54) is 0 Å². The van der Waals surface area contributed by atoms with Crippen LogP contribution in [0.4, 0.5) is 0 Å². The summed E-state index contributed by atoms with van der Waals surface area (Å²) in [4.78, 5) is 4.16. The fourth-order valence-corrected chi connectivity index (χ4v) is 2.74. The van der Waals surface area contributed by atoms with Crippen LogP contribution in [0.15, 0.2) is 0 Å². The van der Waals surface area contributed by atoms with Crippen LogP contribution in [-0.2, 0) is 14.0 Å². The van der Waals surface area contributed by atoms with Gasteiger partial charge in [-0.1, -0.05) is 11.3 Å². The Bertz CT molecular complexity index is 585. The molecule has 0 aromatic carbocycles. The molecule has 0 saturated carbocycles. The van der Waals surface area contributed by atoms with Crippen molar-refractivity contribution in [2.24, 2.45) is 0 Å². The van der Waals surface area contributed by atoms with Gasteiger partial charge in [0.15, 0.2) is 0 Å². The number of rotatable bonds is 3. The normalized spacial score (nSPS) is 27.6. The zero-order valence-electron chi connectivity index (χ0n) is 15.1. The average molecular weight is 300 g/mol. The Kier molecular flexibility index (Phi) is 2.58. The summed E-state index contributed by atoms with van der Waals surface area (Å²) >= 11 is 1.16. The number of aryl methyl sites for hydroxylation is 1. The molecule has 3 heterocycles. The molecule has 0 atom stereocenters. The maximum Gasteiger partial charge on any atom is 0.507 e. The van der Waals surface area contributed by atoms with Crippen molar-refractivity contribution in [3.8, 4) is 5.19 Å². The smallest absolute Gasteiger partial charge is 0.462 e. The van der Waals surface area contributed by atoms with Crippen LogP contribution in [0.25, 0.3) is 0 Å². The lowest BCUT2D eigenvalue weighted by Crippen LogP contribution is -2.41. The fourth-order valence-electron chi connectivity index (χ4n) is 1.90. The highest BCUT2D eigenvalue weighted by atomic mass is 32.1. The van der Waals surface area contributed by atoms with Crippen LogP contribution in [0.2, 0.25) is 0 Å². The summed E-state index contributed by atoms with van der Waals surface area (Å²) in [6, 6.07) is 0. The minimum absolute atomic E-state index is 0.0174. The zero-order chi connectivity index (χ0) is 17.0. The zero-order valence-corrected chi connectivity index (χ0v) is 12.9. The van der Waals surface area contributed by atoms with Gasteiger partial charge in [-0.15, -0.1) is 0 Å². The number of ether oxygens (including phenoxy) is 2. The van der Waals surface area contributed by atoms with Gasteiger partial charge >= 0.3 is 7.12 Å². The molecule has 0 spiro atoms. The van der Waals surface area contributed by atoms with E-state index in [-0.39, 0.29) is 11.8 Å². The third kappa shape index (κ3) is 2.37. The van der Waals surface area contributed by atoms with Crippen molar-refractivity contribution in [2.45, 2.75) is 51.9 Å². The minimum Gasteiger partial charge on any atom is -0.462 e. The predicted molar refractivity (Wildman–Crippen MR) is 77.8 cm³/mol. The van der Waals surface area contributed by atoms with Gasteiger partial charge in [0.2, 0.25) is 0 Å². The summed E-state index contributed by atoms with van der Waals surface area (Å²) in [6.45, 7) is 6.33. The Morgan fingerprint density at radius 1 is 1.30 bits per heavy atom. The first-order chi connectivity index (χ1) is 10.5. The quantitative estimate of drug-likeness (QED) is 0.792. The van der Waals surface area contributed by atoms with Crippen molar-refractivity contribution in [1.82, 2.24) is 4.98 Å². The van der Waals surface area contributed by atoms with Crippen LogP contribution in [0, 0.1) is 6.85 Å². The third-order valence-corrected chi connectivity index (χ3v) is 4.94. The Balaban J connectivity index is 1.91. The Morgan fingerprint density at radius 3 is 2.45 bits per heavy atom. The van der Waals surface area contributed by atoms with Gasteiger partial charge in [-0.25, -0.2) is 4.98 Å². The predicted octanol–water partition coefficient (Wildman–Crippen LogP) is 1.53. The van der Waals surface area contributed by atoms with Crippen molar-refractivity contribution in [1.29, 1.82) is 0 Å². The van der Waals surface area contributed by atoms with E-state index < -0.39 is 25.2 Å². The first-order valence-corrected chi connectivity index (χ1v) is 7.42. The molecule has 0 aliphatic carbocycles. The van der Waals surface area contributed by atoms with Crippen LogP contribution >= 0.6 is 11.3 Å². The molecule has 2 saturated heterocycles. The summed E-state index contributed by atoms with van der Waals surface area (Å²) < 4.78 is 46.2. The number of hydrogen-bond donors (Lipinski definition) is 0. The molecule has 2 aliphatic rings. The van der Waals surface area contributed by atoms with E-state index >= 15 is 0 Å². The summed E-state index contributed by atoms with van der Waals surface area (Å²) in [5.74, 6) is 0. The molecule has 110 valence electrons. The second-order valence-corrected chi connectivity index (χ2v) is 7.05. The van der Waals surface area contributed by atoms with Crippen molar-refractivity contribution >= 4 is 23.2 Å². The molecular weight excluding hydrogens is 277 g/mol. The van der Waals surface area contributed by atoms with Gasteiger partial charge in [0.1, 0.15) is 6.10 Å². The van der Waals surface area contributed by atoms with E-state index in [1.807, 2.05) is 27.7 Å². The molecule has 1 aromatic heterocycles. The molecule has 2 aliphatic heterocycles. The first kappa shape index (κ1) is 11.0. The van der Waals surface area contributed by atoms with Gasteiger partial charge in [0.05, 0.1) is 34.9 Å². The van der Waals surface area contributed by atoms with E-state index in [0.29, 0.717) is 23.2 Å². The number of hydrogen-bond acceptors (Lipinski definition) is 6. The van der Waals surface area contributed by atoms with Crippen LogP contribution < -0.4 is 9.51 Å². The molecule has 0 N–H and O–H groups in total. The number of thiazole rings is 1. The molecule has 7 heteroatoms. The van der Waals surface area contributed by atoms with Gasteiger partial charge in [-0.05, 0) is 34.5 Å². The Labute approximate surface area is 127 Å². The highest BCUT2D eigenvalue weighted by molar-refractivity contribution is 7.23. The van der Waals surface area contributed by atoms with Gasteiger partial charge in [-0.3, -0.25) is 0 Å². The maximum atomic E-state index is 7.72. The lowest BCUT2D eigenvalue weighted by molar-refractivity contribution is -0.0797. The third-order valence-electron chi connectivity index (χ3n) is 3.98. The standard InChI is InChI=1S/C13H20BNO4S/c1-8-10(14-18-12(2,3)13(4,5)19-14)20-11(15-8)17-9-6-16-7-9/h9H,6-7H2,1-5H3/i1D3. The molecule has 20 heavy (non-hydrogen) atoms. The fraction of sp³-hybridized carbons (Fsp3) is 0.769. The highest BCUT2D eigenvalue weighted by Crippen LogP contribution is 2.37. The van der Waals surface area contributed by atoms with Crippen LogP contribution in [0.5, 0.6) is 5.19 Å². The van der Waals surface area contributed by atoms with Crippen molar-refractivity contribution in [3.05, 3.63) is 5.69 Å². The van der Waals surface area contributed by atoms with Gasteiger partial charge in [-0.2, -0.15) is 0 Å². The second kappa shape index (κ2) is 4.69. The average Bonchev–Trinajstić information content (AvgIpc) is 2.83. The van der Waals surface area contributed by atoms with E-state index in [2.05, 4.69) is 4.98 Å². The van der Waals surface area contributed by atoms with Crippen molar-refractivity contribution in [3.63, 3.8) is 0 Å². The van der Waals surface area contributed by atoms with Crippen LogP contribution in [0.1, 0.15) is 37.5 Å². The molecular formula is C13H20BNO4S. The summed E-state index contributed by atoms with van der Waals surface area (Å²) in [5, 5.41) is 0.314. The lowest BCUT2D eigenvalue weighted by Gasteiger charge is -2.32. The lowest BCUT2D eigenvalue weighted by atomic mass is 9.86. The molecule has 0 unspecified atom stereocenters. The van der Waals surface area contributed by atoms with E-state index in [0.717, 1.165) is 11.3 Å². The molecule has 3 rings (SSSR count). The highest BCUT2D eigenvalue weighted by Gasteiger charge is 2.53. The second-order valence-electron chi connectivity index (χ2n) is 6.06. The minimum atomic E-state index is -2.35. The van der Waals surface area contributed by atoms with Crippen molar-refractivity contribution in [2.75, 3.05) is 13.2 Å². The van der Waals surface area contributed by atoms with Crippen molar-refractivity contribution < 1.29 is 22.9 Å². The monoisotopic (exact) mass is 300 g/mol. The van der Waals surface area contributed by atoms with Gasteiger partial charge in [0, 0.05) is 4.11 Å². The molecule has 5 nitrogen and oxygen atoms in total. The topological polar surface area (TPSA) is 49.8 Å². The van der Waals surface area contributed by atoms with Gasteiger partial charge in [0.25, 0.3) is 5.19 Å². The van der Waals surface area contributed by atoms with E-state index in [9.17, 15) is 0 Å². The molecule has 0 bridgehead atoms. The Morgan fingerprint density at radius 2 is 1.95 bits per heavy atom. The Hall–Kier alpha value is -0.625. The molecule has 0 radical (unpaired) electrons. The van der Waals surface area contributed by atoms with E-state index in [1.54, 1.807) is 0 Å². The first-order valence-electron chi connectivity index (χ1n) is 8.11. The maximum absolute atomic E-state index is 7.72. The molecule has 2 fully saturated rings. The SMILES string of the molecule is [2H]C([2H])([2H])c1nc(OC2COC2)sc1B1OC(C)(C)C(C)(C)O1. The molecule has 0 amide bonds. The van der Waals surface area contributed by atoms with Gasteiger partial charge < -0.3 is 18.8 Å². The number of aromatic nitrogens is 1. The summed E-state index contributed by atoms with van der Waals surface area (Å²) in [5.41, 5.74) is -1.11. The largest absolute Gasteiger partial charge is 0.507 e. The summed E-state index contributed by atoms with van der Waals surface area (Å²) in [7, 11) is -0.761. The van der Waals surface area contributed by atoms with Crippen LogP contribution in [-0.4, -0.2) is 42.6 Å². The van der Waals surface area contributed by atoms with E-state index in [4.69, 9.17) is 22.9 Å².